The van der Waals surface area contributed by atoms with Crippen LogP contribution in [0.4, 0.5) is 5.82 Å². The van der Waals surface area contributed by atoms with Crippen molar-refractivity contribution in [1.29, 1.82) is 5.26 Å². The number of nitrogens with zero attached hydrogens (tertiary/aromatic N) is 5. The maximum atomic E-state index is 10.9. The zero-order valence-corrected chi connectivity index (χ0v) is 13.3. The van der Waals surface area contributed by atoms with Gasteiger partial charge in [0.2, 0.25) is 5.89 Å². The SMILES string of the molecule is Cc1ccc(C#N)c(N2CCCC(O)(Cc3nc(C)no3)C2)n1. The van der Waals surface area contributed by atoms with Crippen molar-refractivity contribution < 1.29 is 9.63 Å². The Hall–Kier alpha value is -2.46. The Morgan fingerprint density at radius 3 is 2.91 bits per heavy atom. The summed E-state index contributed by atoms with van der Waals surface area (Å²) in [6, 6.07) is 5.76. The summed E-state index contributed by atoms with van der Waals surface area (Å²) < 4.78 is 5.13. The molecule has 23 heavy (non-hydrogen) atoms. The molecule has 3 rings (SSSR count). The van der Waals surface area contributed by atoms with E-state index in [1.54, 1.807) is 13.0 Å². The first kappa shape index (κ1) is 15.4. The number of β-amino-alcohol motifs (C(OH)–C–C–N with tert-alkyl or cyclic N) is 1. The highest BCUT2D eigenvalue weighted by molar-refractivity contribution is 5.55. The van der Waals surface area contributed by atoms with E-state index in [1.165, 1.54) is 0 Å². The lowest BCUT2D eigenvalue weighted by Crippen LogP contribution is -2.50. The number of pyridine rings is 1. The normalized spacial score (nSPS) is 21.2. The van der Waals surface area contributed by atoms with E-state index in [-0.39, 0.29) is 0 Å². The van der Waals surface area contributed by atoms with Crippen LogP contribution in [0.3, 0.4) is 0 Å². The van der Waals surface area contributed by atoms with Gasteiger partial charge in [0.25, 0.3) is 0 Å². The minimum Gasteiger partial charge on any atom is -0.388 e. The molecule has 0 amide bonds. The molecular weight excluding hydrogens is 294 g/mol. The van der Waals surface area contributed by atoms with Crippen LogP contribution < -0.4 is 4.90 Å². The molecule has 3 heterocycles. The Morgan fingerprint density at radius 2 is 2.22 bits per heavy atom. The second-order valence-electron chi connectivity index (χ2n) is 6.10. The topological polar surface area (TPSA) is 99.1 Å². The molecule has 1 unspecified atom stereocenters. The minimum absolute atomic E-state index is 0.304. The van der Waals surface area contributed by atoms with Crippen molar-refractivity contribution in [2.24, 2.45) is 0 Å². The van der Waals surface area contributed by atoms with Gasteiger partial charge in [0.05, 0.1) is 17.6 Å². The molecule has 1 fully saturated rings. The fraction of sp³-hybridized carbons (Fsp3) is 0.500. The van der Waals surface area contributed by atoms with Crippen molar-refractivity contribution >= 4 is 5.82 Å². The summed E-state index contributed by atoms with van der Waals surface area (Å²) in [4.78, 5) is 10.6. The molecule has 7 nitrogen and oxygen atoms in total. The molecule has 1 aliphatic heterocycles. The molecule has 0 aliphatic carbocycles. The third-order valence-corrected chi connectivity index (χ3v) is 4.04. The van der Waals surface area contributed by atoms with Gasteiger partial charge in [0.15, 0.2) is 5.82 Å². The van der Waals surface area contributed by atoms with Gasteiger partial charge in [-0.2, -0.15) is 10.2 Å². The van der Waals surface area contributed by atoms with Crippen molar-refractivity contribution in [3.63, 3.8) is 0 Å². The molecule has 0 aromatic carbocycles. The largest absolute Gasteiger partial charge is 0.388 e. The van der Waals surface area contributed by atoms with E-state index in [0.717, 1.165) is 18.7 Å². The number of hydrogen-bond donors (Lipinski definition) is 1. The van der Waals surface area contributed by atoms with Crippen LogP contribution in [0.25, 0.3) is 0 Å². The highest BCUT2D eigenvalue weighted by Crippen LogP contribution is 2.29. The molecule has 0 spiro atoms. The zero-order valence-electron chi connectivity index (χ0n) is 13.3. The highest BCUT2D eigenvalue weighted by Gasteiger charge is 2.36. The van der Waals surface area contributed by atoms with Crippen molar-refractivity contribution in [1.82, 2.24) is 15.1 Å². The first-order valence-corrected chi connectivity index (χ1v) is 7.63. The van der Waals surface area contributed by atoms with E-state index in [1.807, 2.05) is 17.9 Å². The van der Waals surface area contributed by atoms with E-state index in [2.05, 4.69) is 21.2 Å². The number of nitriles is 1. The summed E-state index contributed by atoms with van der Waals surface area (Å²) in [6.07, 6.45) is 1.76. The Kier molecular flexibility index (Phi) is 4.01. The van der Waals surface area contributed by atoms with Crippen LogP contribution in [-0.4, -0.2) is 38.9 Å². The molecular formula is C16H19N5O2. The summed E-state index contributed by atoms with van der Waals surface area (Å²) in [6.45, 7) is 4.79. The van der Waals surface area contributed by atoms with Crippen molar-refractivity contribution in [3.8, 4) is 6.07 Å². The average Bonchev–Trinajstić information content (AvgIpc) is 2.91. The molecule has 1 saturated heterocycles. The lowest BCUT2D eigenvalue weighted by molar-refractivity contribution is 0.0191. The number of aliphatic hydroxyl groups is 1. The molecule has 7 heteroatoms. The van der Waals surface area contributed by atoms with Crippen LogP contribution in [0.15, 0.2) is 16.7 Å². The summed E-state index contributed by atoms with van der Waals surface area (Å²) in [5.41, 5.74) is 0.407. The van der Waals surface area contributed by atoms with Gasteiger partial charge in [-0.25, -0.2) is 4.98 Å². The summed E-state index contributed by atoms with van der Waals surface area (Å²) in [5.74, 6) is 1.63. The fourth-order valence-corrected chi connectivity index (χ4v) is 3.00. The third kappa shape index (κ3) is 3.32. The molecule has 1 aliphatic rings. The number of anilines is 1. The first-order chi connectivity index (χ1) is 11.0. The molecule has 1 atom stereocenters. The van der Waals surface area contributed by atoms with Gasteiger partial charge >= 0.3 is 0 Å². The van der Waals surface area contributed by atoms with Crippen LogP contribution in [0.5, 0.6) is 0 Å². The zero-order chi connectivity index (χ0) is 16.4. The quantitative estimate of drug-likeness (QED) is 0.917. The van der Waals surface area contributed by atoms with Gasteiger partial charge in [-0.05, 0) is 38.8 Å². The summed E-state index contributed by atoms with van der Waals surface area (Å²) in [5, 5.41) is 24.0. The lowest BCUT2D eigenvalue weighted by Gasteiger charge is -2.39. The molecule has 0 saturated carbocycles. The molecule has 120 valence electrons. The van der Waals surface area contributed by atoms with Crippen LogP contribution in [0.2, 0.25) is 0 Å². The van der Waals surface area contributed by atoms with Gasteiger partial charge < -0.3 is 14.5 Å². The monoisotopic (exact) mass is 313 g/mol. The van der Waals surface area contributed by atoms with Crippen molar-refractivity contribution in [2.45, 2.75) is 38.7 Å². The third-order valence-electron chi connectivity index (χ3n) is 4.04. The molecule has 2 aromatic heterocycles. The Morgan fingerprint density at radius 1 is 1.39 bits per heavy atom. The van der Waals surface area contributed by atoms with Gasteiger partial charge in [0.1, 0.15) is 11.9 Å². The molecule has 1 N–H and O–H groups in total. The Labute approximate surface area is 134 Å². The van der Waals surface area contributed by atoms with Crippen LogP contribution >= 0.6 is 0 Å². The molecule has 0 bridgehead atoms. The van der Waals surface area contributed by atoms with E-state index < -0.39 is 5.60 Å². The second kappa shape index (κ2) is 5.97. The Bertz CT molecular complexity index is 751. The first-order valence-electron chi connectivity index (χ1n) is 7.63. The van der Waals surface area contributed by atoms with Gasteiger partial charge in [-0.15, -0.1) is 0 Å². The van der Waals surface area contributed by atoms with E-state index in [4.69, 9.17) is 4.52 Å². The van der Waals surface area contributed by atoms with Crippen molar-refractivity contribution in [3.05, 3.63) is 35.1 Å². The number of aromatic nitrogens is 3. The predicted octanol–water partition coefficient (Wildman–Crippen LogP) is 1.53. The Balaban J connectivity index is 1.83. The van der Waals surface area contributed by atoms with Gasteiger partial charge in [0, 0.05) is 18.8 Å². The van der Waals surface area contributed by atoms with Crippen LogP contribution in [0.1, 0.15) is 35.8 Å². The number of aryl methyl sites for hydroxylation is 2. The second-order valence-corrected chi connectivity index (χ2v) is 6.10. The van der Waals surface area contributed by atoms with E-state index >= 15 is 0 Å². The number of hydrogen-bond acceptors (Lipinski definition) is 7. The highest BCUT2D eigenvalue weighted by atomic mass is 16.5. The van der Waals surface area contributed by atoms with Crippen LogP contribution in [0, 0.1) is 25.2 Å². The number of piperidine rings is 1. The molecule has 0 radical (unpaired) electrons. The smallest absolute Gasteiger partial charge is 0.229 e. The van der Waals surface area contributed by atoms with Crippen molar-refractivity contribution in [2.75, 3.05) is 18.0 Å². The lowest BCUT2D eigenvalue weighted by atomic mass is 9.89. The van der Waals surface area contributed by atoms with Gasteiger partial charge in [-0.1, -0.05) is 5.16 Å². The van der Waals surface area contributed by atoms with Crippen LogP contribution in [-0.2, 0) is 6.42 Å². The van der Waals surface area contributed by atoms with E-state index in [0.29, 0.717) is 42.5 Å². The van der Waals surface area contributed by atoms with Gasteiger partial charge in [-0.3, -0.25) is 0 Å². The predicted molar refractivity (Wildman–Crippen MR) is 82.8 cm³/mol. The summed E-state index contributed by atoms with van der Waals surface area (Å²) >= 11 is 0. The summed E-state index contributed by atoms with van der Waals surface area (Å²) in [7, 11) is 0. The standard InChI is InChI=1S/C16H19N5O2/c1-11-4-5-13(9-17)15(18-11)21-7-3-6-16(22,10-21)8-14-19-12(2)20-23-14/h4-5,22H,3,6-8,10H2,1-2H3. The minimum atomic E-state index is -0.963. The maximum Gasteiger partial charge on any atom is 0.229 e. The number of rotatable bonds is 3. The molecule has 2 aromatic rings. The maximum absolute atomic E-state index is 10.9. The average molecular weight is 313 g/mol. The van der Waals surface area contributed by atoms with E-state index in [9.17, 15) is 10.4 Å². The fourth-order valence-electron chi connectivity index (χ4n) is 3.00.